The number of benzene rings is 4. The van der Waals surface area contributed by atoms with Gasteiger partial charge >= 0.3 is 0 Å². The first kappa shape index (κ1) is 30.3. The number of fused-ring (bicyclic) bond motifs is 9. The lowest BCUT2D eigenvalue weighted by atomic mass is 9.81. The number of hydrogen-bond donors (Lipinski definition) is 2. The average Bonchev–Trinajstić information content (AvgIpc) is 3.78. The second-order valence-corrected chi connectivity index (χ2v) is 14.9. The summed E-state index contributed by atoms with van der Waals surface area (Å²) in [6.45, 7) is 5.40. The molecule has 4 aliphatic carbocycles. The molecule has 0 radical (unpaired) electrons. The number of aromatic nitrogens is 1. The molecule has 2 heterocycles. The largest absolute Gasteiger partial charge is 0.456 e. The third-order valence-electron chi connectivity index (χ3n) is 11.8. The lowest BCUT2D eigenvalue weighted by Crippen LogP contribution is -2.33. The SMILES string of the molecule is CC1(C)c2ccccc2-c2cc3c(cc21)c1c(n3CNC2C=CC=C/C2=C(/N)c2ccccc2)C=C(C2=c3oc4ccccc4c3=CCC2)CC1. The summed E-state index contributed by atoms with van der Waals surface area (Å²) in [4.78, 5) is 0. The summed E-state index contributed by atoms with van der Waals surface area (Å²) in [5.74, 6) is 0. The maximum atomic E-state index is 6.83. The van der Waals surface area contributed by atoms with E-state index in [0.29, 0.717) is 6.67 Å². The molecule has 0 saturated carbocycles. The standard InChI is InChI=1S/C47H41N3O/c1-47(2)39-20-9-6-15-32(39)37-27-43-38(26-40(37)47)33-24-23-30(31-18-12-19-35-34-16-8-11-22-44(34)51-46(31)35)25-42(33)50(43)28-49-41-21-10-7-17-36(41)45(48)29-13-4-3-5-14-29/h3-11,13-17,19-22,25-27,41,49H,12,18,23-24,28,48H2,1-2H3/b45-36-. The molecule has 3 N–H and O–H groups in total. The molecule has 0 bridgehead atoms. The molecular formula is C47H41N3O. The lowest BCUT2D eigenvalue weighted by Gasteiger charge is -2.24. The van der Waals surface area contributed by atoms with Gasteiger partial charge < -0.3 is 14.7 Å². The van der Waals surface area contributed by atoms with Crippen LogP contribution >= 0.6 is 0 Å². The number of allylic oxidation sites excluding steroid dienone is 3. The average molecular weight is 664 g/mol. The quantitative estimate of drug-likeness (QED) is 0.194. The highest BCUT2D eigenvalue weighted by atomic mass is 16.3. The minimum absolute atomic E-state index is 0.0224. The van der Waals surface area contributed by atoms with Gasteiger partial charge in [-0.25, -0.2) is 0 Å². The molecule has 4 aliphatic rings. The zero-order valence-corrected chi connectivity index (χ0v) is 29.2. The fourth-order valence-electron chi connectivity index (χ4n) is 9.19. The van der Waals surface area contributed by atoms with Crippen molar-refractivity contribution < 1.29 is 4.42 Å². The van der Waals surface area contributed by atoms with Crippen LogP contribution in [0.1, 0.15) is 61.1 Å². The molecule has 51 heavy (non-hydrogen) atoms. The van der Waals surface area contributed by atoms with E-state index in [1.54, 1.807) is 0 Å². The Kier molecular flexibility index (Phi) is 6.81. The van der Waals surface area contributed by atoms with Crippen LogP contribution in [0.3, 0.4) is 0 Å². The molecule has 0 saturated heterocycles. The maximum Gasteiger partial charge on any atom is 0.138 e. The highest BCUT2D eigenvalue weighted by Crippen LogP contribution is 2.51. The third kappa shape index (κ3) is 4.63. The Morgan fingerprint density at radius 2 is 1.69 bits per heavy atom. The zero-order chi connectivity index (χ0) is 34.3. The van der Waals surface area contributed by atoms with Crippen LogP contribution in [0.4, 0.5) is 0 Å². The van der Waals surface area contributed by atoms with Crippen LogP contribution in [0.15, 0.2) is 131 Å². The van der Waals surface area contributed by atoms with Crippen molar-refractivity contribution >= 4 is 45.3 Å². The van der Waals surface area contributed by atoms with Crippen molar-refractivity contribution in [2.45, 2.75) is 57.7 Å². The number of nitrogens with one attached hydrogen (secondary N) is 1. The van der Waals surface area contributed by atoms with Crippen molar-refractivity contribution in [3.8, 4) is 11.1 Å². The molecule has 0 amide bonds. The molecule has 1 unspecified atom stereocenters. The van der Waals surface area contributed by atoms with Crippen LogP contribution in [0.2, 0.25) is 0 Å². The molecule has 0 fully saturated rings. The fourth-order valence-corrected chi connectivity index (χ4v) is 9.19. The zero-order valence-electron chi connectivity index (χ0n) is 29.2. The van der Waals surface area contributed by atoms with Gasteiger partial charge in [0.2, 0.25) is 0 Å². The van der Waals surface area contributed by atoms with E-state index in [-0.39, 0.29) is 11.5 Å². The van der Waals surface area contributed by atoms with E-state index < -0.39 is 0 Å². The number of nitrogens with zero attached hydrogens (tertiary/aromatic N) is 1. The van der Waals surface area contributed by atoms with Crippen molar-refractivity contribution in [2.75, 3.05) is 0 Å². The highest BCUT2D eigenvalue weighted by molar-refractivity contribution is 5.97. The molecule has 10 rings (SSSR count). The van der Waals surface area contributed by atoms with E-state index in [0.717, 1.165) is 53.5 Å². The van der Waals surface area contributed by atoms with E-state index in [4.69, 9.17) is 10.2 Å². The van der Waals surface area contributed by atoms with Crippen LogP contribution in [0.25, 0.3) is 56.4 Å². The van der Waals surface area contributed by atoms with E-state index >= 15 is 0 Å². The molecule has 0 aliphatic heterocycles. The fraction of sp³-hybridized carbons (Fsp3) is 0.191. The van der Waals surface area contributed by atoms with Crippen LogP contribution < -0.4 is 21.7 Å². The first-order chi connectivity index (χ1) is 25.0. The Morgan fingerprint density at radius 1 is 0.863 bits per heavy atom. The maximum absolute atomic E-state index is 6.83. The predicted octanol–water partition coefficient (Wildman–Crippen LogP) is 8.86. The Bertz CT molecular complexity index is 2670. The first-order valence-corrected chi connectivity index (χ1v) is 18.3. The number of rotatable bonds is 5. The van der Waals surface area contributed by atoms with Crippen LogP contribution in [-0.4, -0.2) is 10.6 Å². The Hall–Kier alpha value is -5.58. The van der Waals surface area contributed by atoms with Gasteiger partial charge in [0.1, 0.15) is 11.0 Å². The van der Waals surface area contributed by atoms with Crippen molar-refractivity contribution in [3.05, 3.63) is 165 Å². The van der Waals surface area contributed by atoms with Gasteiger partial charge in [0.15, 0.2) is 0 Å². The van der Waals surface area contributed by atoms with Crippen molar-refractivity contribution in [3.63, 3.8) is 0 Å². The van der Waals surface area contributed by atoms with E-state index in [1.807, 2.05) is 18.2 Å². The summed E-state index contributed by atoms with van der Waals surface area (Å²) in [5, 5.41) is 7.76. The summed E-state index contributed by atoms with van der Waals surface area (Å²) < 4.78 is 9.10. The van der Waals surface area contributed by atoms with Gasteiger partial charge in [-0.05, 0) is 100 Å². The van der Waals surface area contributed by atoms with Gasteiger partial charge in [-0.2, -0.15) is 0 Å². The van der Waals surface area contributed by atoms with E-state index in [1.165, 1.54) is 66.2 Å². The molecule has 4 heteroatoms. The number of hydrogen-bond acceptors (Lipinski definition) is 3. The summed E-state index contributed by atoms with van der Waals surface area (Å²) >= 11 is 0. The molecule has 0 spiro atoms. The monoisotopic (exact) mass is 663 g/mol. The van der Waals surface area contributed by atoms with Crippen LogP contribution in [0.5, 0.6) is 0 Å². The lowest BCUT2D eigenvalue weighted by molar-refractivity contribution is 0.548. The van der Waals surface area contributed by atoms with Crippen LogP contribution in [-0.2, 0) is 18.5 Å². The molecule has 1 atom stereocenters. The number of nitrogens with two attached hydrogens (primary N) is 1. The van der Waals surface area contributed by atoms with Crippen molar-refractivity contribution in [1.82, 2.24) is 9.88 Å². The molecule has 4 nitrogen and oxygen atoms in total. The van der Waals surface area contributed by atoms with Gasteiger partial charge in [-0.1, -0.05) is 117 Å². The topological polar surface area (TPSA) is 56.1 Å². The van der Waals surface area contributed by atoms with Gasteiger partial charge in [0.05, 0.1) is 18.2 Å². The molecule has 250 valence electrons. The summed E-state index contributed by atoms with van der Waals surface area (Å²) in [5.41, 5.74) is 24.0. The normalized spacial score (nSPS) is 19.4. The minimum atomic E-state index is -0.0525. The van der Waals surface area contributed by atoms with Gasteiger partial charge in [0.25, 0.3) is 0 Å². The smallest absolute Gasteiger partial charge is 0.138 e. The van der Waals surface area contributed by atoms with Crippen molar-refractivity contribution in [2.24, 2.45) is 5.73 Å². The summed E-state index contributed by atoms with van der Waals surface area (Å²) in [6.07, 6.45) is 17.4. The second kappa shape index (κ2) is 11.5. The molecule has 4 aromatic carbocycles. The summed E-state index contributed by atoms with van der Waals surface area (Å²) in [6, 6.07) is 32.7. The Labute approximate surface area is 298 Å². The van der Waals surface area contributed by atoms with E-state index in [9.17, 15) is 0 Å². The Morgan fingerprint density at radius 3 is 2.59 bits per heavy atom. The van der Waals surface area contributed by atoms with Crippen LogP contribution in [0, 0.1) is 0 Å². The molecule has 2 aromatic heterocycles. The number of aryl methyl sites for hydroxylation is 1. The third-order valence-corrected chi connectivity index (χ3v) is 11.8. The van der Waals surface area contributed by atoms with Crippen molar-refractivity contribution in [1.29, 1.82) is 0 Å². The predicted molar refractivity (Wildman–Crippen MR) is 211 cm³/mol. The first-order valence-electron chi connectivity index (χ1n) is 18.3. The molecule has 6 aromatic rings. The Balaban J connectivity index is 1.14. The number of para-hydroxylation sites is 1. The minimum Gasteiger partial charge on any atom is -0.456 e. The highest BCUT2D eigenvalue weighted by Gasteiger charge is 2.36. The van der Waals surface area contributed by atoms with E-state index in [2.05, 4.69) is 133 Å². The molecular weight excluding hydrogens is 623 g/mol. The van der Waals surface area contributed by atoms with Gasteiger partial charge in [-0.15, -0.1) is 0 Å². The second-order valence-electron chi connectivity index (χ2n) is 14.9. The van der Waals surface area contributed by atoms with Gasteiger partial charge in [0, 0.05) is 32.8 Å². The van der Waals surface area contributed by atoms with Gasteiger partial charge in [-0.3, -0.25) is 5.32 Å². The number of furan rings is 1. The summed E-state index contributed by atoms with van der Waals surface area (Å²) in [7, 11) is 0.